The van der Waals surface area contributed by atoms with Crippen LogP contribution >= 0.6 is 0 Å². The van der Waals surface area contributed by atoms with Gasteiger partial charge in [0.2, 0.25) is 0 Å². The maximum Gasteiger partial charge on any atom is 0.261 e. The lowest BCUT2D eigenvalue weighted by Gasteiger charge is -2.22. The molecule has 1 N–H and O–H groups in total. The van der Waals surface area contributed by atoms with Gasteiger partial charge in [-0.3, -0.25) is 4.79 Å². The Morgan fingerprint density at radius 3 is 2.30 bits per heavy atom. The van der Waals surface area contributed by atoms with Crippen LogP contribution in [0.1, 0.15) is 47.5 Å². The molecule has 0 unspecified atom stereocenters. The number of aryl methyl sites for hydroxylation is 2. The molecule has 2 heterocycles. The number of hydrogen-bond donors (Lipinski definition) is 1. The second-order valence-corrected chi connectivity index (χ2v) is 6.10. The van der Waals surface area contributed by atoms with E-state index in [9.17, 15) is 4.79 Å². The number of aromatic nitrogens is 1. The van der Waals surface area contributed by atoms with Crippen LogP contribution in [0.25, 0.3) is 0 Å². The van der Waals surface area contributed by atoms with Gasteiger partial charge in [0.05, 0.1) is 5.69 Å². The minimum Gasteiger partial charge on any atom is -0.372 e. The zero-order valence-electron chi connectivity index (χ0n) is 13.8. The zero-order chi connectivity index (χ0) is 16.2. The summed E-state index contributed by atoms with van der Waals surface area (Å²) in [6.07, 6.45) is 5.15. The molecular weight excluding hydrogens is 290 g/mol. The molecule has 122 valence electrons. The lowest BCUT2D eigenvalue weighted by Crippen LogP contribution is -2.23. The summed E-state index contributed by atoms with van der Waals surface area (Å²) in [6, 6.07) is 8.06. The molecule has 0 spiro atoms. The maximum absolute atomic E-state index is 12.3. The maximum atomic E-state index is 12.3. The Morgan fingerprint density at radius 1 is 1.09 bits per heavy atom. The molecule has 1 amide bonds. The number of nitrogens with one attached hydrogen (secondary N) is 1. The molecule has 3 rings (SSSR count). The quantitative estimate of drug-likeness (QED) is 0.933. The van der Waals surface area contributed by atoms with Gasteiger partial charge < -0.3 is 14.7 Å². The average molecular weight is 313 g/mol. The molecule has 0 saturated carbocycles. The van der Waals surface area contributed by atoms with Gasteiger partial charge in [0, 0.05) is 24.5 Å². The van der Waals surface area contributed by atoms with Crippen LogP contribution in [0.4, 0.5) is 11.4 Å². The van der Waals surface area contributed by atoms with Crippen LogP contribution in [0.3, 0.4) is 0 Å². The smallest absolute Gasteiger partial charge is 0.261 e. The van der Waals surface area contributed by atoms with Crippen molar-refractivity contribution >= 4 is 17.3 Å². The number of amides is 1. The van der Waals surface area contributed by atoms with E-state index in [0.717, 1.165) is 18.8 Å². The minimum absolute atomic E-state index is 0.177. The largest absolute Gasteiger partial charge is 0.372 e. The summed E-state index contributed by atoms with van der Waals surface area (Å²) in [4.78, 5) is 14.8. The Balaban J connectivity index is 1.69. The highest BCUT2D eigenvalue weighted by Gasteiger charge is 2.17. The number of hydrogen-bond acceptors (Lipinski definition) is 4. The highest BCUT2D eigenvalue weighted by Crippen LogP contribution is 2.22. The molecule has 2 aromatic rings. The number of carbonyl (C=O) groups excluding carboxylic acids is 1. The number of nitrogens with zero attached hydrogens (tertiary/aromatic N) is 2. The van der Waals surface area contributed by atoms with E-state index in [0.29, 0.717) is 17.0 Å². The monoisotopic (exact) mass is 313 g/mol. The Hall–Kier alpha value is -2.30. The van der Waals surface area contributed by atoms with Crippen molar-refractivity contribution in [3.8, 4) is 0 Å². The second-order valence-electron chi connectivity index (χ2n) is 6.10. The van der Waals surface area contributed by atoms with Crippen LogP contribution in [-0.2, 0) is 0 Å². The lowest BCUT2D eigenvalue weighted by atomic mass is 10.2. The molecule has 1 aromatic carbocycles. The first-order chi connectivity index (χ1) is 11.1. The Bertz CT molecular complexity index is 649. The SMILES string of the molecule is Cc1noc(C)c1C(=O)Nc1ccc(N2CCCCCC2)cc1. The van der Waals surface area contributed by atoms with Gasteiger partial charge in [-0.05, 0) is 51.0 Å². The van der Waals surface area contributed by atoms with E-state index < -0.39 is 0 Å². The van der Waals surface area contributed by atoms with Crippen molar-refractivity contribution in [3.05, 3.63) is 41.3 Å². The third kappa shape index (κ3) is 3.55. The predicted octanol–water partition coefficient (Wildman–Crippen LogP) is 3.92. The molecule has 0 atom stereocenters. The van der Waals surface area contributed by atoms with Crippen LogP contribution in [0.5, 0.6) is 0 Å². The van der Waals surface area contributed by atoms with Crippen LogP contribution in [0, 0.1) is 13.8 Å². The van der Waals surface area contributed by atoms with Crippen molar-refractivity contribution in [3.63, 3.8) is 0 Å². The molecule has 1 aliphatic rings. The summed E-state index contributed by atoms with van der Waals surface area (Å²) in [7, 11) is 0. The molecule has 1 aromatic heterocycles. The van der Waals surface area contributed by atoms with E-state index >= 15 is 0 Å². The first kappa shape index (κ1) is 15.6. The van der Waals surface area contributed by atoms with Crippen LogP contribution in [0.15, 0.2) is 28.8 Å². The van der Waals surface area contributed by atoms with E-state index in [1.54, 1.807) is 13.8 Å². The van der Waals surface area contributed by atoms with E-state index in [4.69, 9.17) is 4.52 Å². The van der Waals surface area contributed by atoms with Crippen molar-refractivity contribution in [2.75, 3.05) is 23.3 Å². The van der Waals surface area contributed by atoms with Crippen molar-refractivity contribution in [1.82, 2.24) is 5.16 Å². The minimum atomic E-state index is -0.177. The summed E-state index contributed by atoms with van der Waals surface area (Å²) in [5.41, 5.74) is 3.14. The molecule has 23 heavy (non-hydrogen) atoms. The van der Waals surface area contributed by atoms with E-state index in [1.807, 2.05) is 12.1 Å². The zero-order valence-corrected chi connectivity index (χ0v) is 13.8. The normalized spacial score (nSPS) is 15.3. The molecular formula is C18H23N3O2. The summed E-state index contributed by atoms with van der Waals surface area (Å²) in [6.45, 7) is 5.75. The van der Waals surface area contributed by atoms with Gasteiger partial charge in [-0.15, -0.1) is 0 Å². The third-order valence-corrected chi connectivity index (χ3v) is 4.36. The lowest BCUT2D eigenvalue weighted by molar-refractivity contribution is 0.102. The van der Waals surface area contributed by atoms with Crippen molar-refractivity contribution in [2.45, 2.75) is 39.5 Å². The standard InChI is InChI=1S/C18H23N3O2/c1-13-17(14(2)23-20-13)18(22)19-15-7-9-16(10-8-15)21-11-5-3-4-6-12-21/h7-10H,3-6,11-12H2,1-2H3,(H,19,22). The first-order valence-corrected chi connectivity index (χ1v) is 8.24. The fraction of sp³-hybridized carbons (Fsp3) is 0.444. The molecule has 1 fully saturated rings. The van der Waals surface area contributed by atoms with Gasteiger partial charge in [0.15, 0.2) is 0 Å². The highest BCUT2D eigenvalue weighted by atomic mass is 16.5. The second kappa shape index (κ2) is 6.86. The van der Waals surface area contributed by atoms with Crippen molar-refractivity contribution < 1.29 is 9.32 Å². The Kier molecular flexibility index (Phi) is 4.65. The number of rotatable bonds is 3. The van der Waals surface area contributed by atoms with E-state index in [1.165, 1.54) is 31.4 Å². The summed E-state index contributed by atoms with van der Waals surface area (Å²) in [5, 5.41) is 6.73. The Labute approximate surface area is 136 Å². The van der Waals surface area contributed by atoms with Crippen molar-refractivity contribution in [1.29, 1.82) is 0 Å². The summed E-state index contributed by atoms with van der Waals surface area (Å²) >= 11 is 0. The topological polar surface area (TPSA) is 58.4 Å². The molecule has 0 bridgehead atoms. The Morgan fingerprint density at radius 2 is 1.74 bits per heavy atom. The van der Waals surface area contributed by atoms with Gasteiger partial charge in [-0.1, -0.05) is 18.0 Å². The predicted molar refractivity (Wildman–Crippen MR) is 91.1 cm³/mol. The summed E-state index contributed by atoms with van der Waals surface area (Å²) < 4.78 is 5.05. The third-order valence-electron chi connectivity index (χ3n) is 4.36. The van der Waals surface area contributed by atoms with Crippen molar-refractivity contribution in [2.24, 2.45) is 0 Å². The van der Waals surface area contributed by atoms with Gasteiger partial charge in [-0.25, -0.2) is 0 Å². The van der Waals surface area contributed by atoms with Crippen LogP contribution in [-0.4, -0.2) is 24.2 Å². The van der Waals surface area contributed by atoms with Gasteiger partial charge in [0.25, 0.3) is 5.91 Å². The van der Waals surface area contributed by atoms with E-state index in [-0.39, 0.29) is 5.91 Å². The van der Waals surface area contributed by atoms with Gasteiger partial charge >= 0.3 is 0 Å². The molecule has 5 heteroatoms. The molecule has 1 saturated heterocycles. The number of carbonyl (C=O) groups is 1. The summed E-state index contributed by atoms with van der Waals surface area (Å²) in [5.74, 6) is 0.366. The molecule has 0 aliphatic carbocycles. The first-order valence-electron chi connectivity index (χ1n) is 8.24. The average Bonchev–Trinajstić information content (AvgIpc) is 2.76. The molecule has 5 nitrogen and oxygen atoms in total. The molecule has 1 aliphatic heterocycles. The fourth-order valence-corrected chi connectivity index (χ4v) is 3.09. The fourth-order valence-electron chi connectivity index (χ4n) is 3.09. The molecule has 0 radical (unpaired) electrons. The number of benzene rings is 1. The van der Waals surface area contributed by atoms with Crippen LogP contribution < -0.4 is 10.2 Å². The van der Waals surface area contributed by atoms with Gasteiger partial charge in [0.1, 0.15) is 11.3 Å². The van der Waals surface area contributed by atoms with Gasteiger partial charge in [-0.2, -0.15) is 0 Å². The van der Waals surface area contributed by atoms with E-state index in [2.05, 4.69) is 27.5 Å². The number of anilines is 2. The highest BCUT2D eigenvalue weighted by molar-refractivity contribution is 6.05. The van der Waals surface area contributed by atoms with Crippen LogP contribution in [0.2, 0.25) is 0 Å².